The number of aromatic nitrogens is 1. The Kier molecular flexibility index (Phi) is 9.66. The second kappa shape index (κ2) is 11.8. The van der Waals surface area contributed by atoms with Crippen LogP contribution in [0.3, 0.4) is 0 Å². The Balaban J connectivity index is 1.98. The van der Waals surface area contributed by atoms with Gasteiger partial charge in [-0.25, -0.2) is 14.6 Å². The van der Waals surface area contributed by atoms with E-state index in [0.717, 1.165) is 20.8 Å². The van der Waals surface area contributed by atoms with Crippen molar-refractivity contribution in [3.8, 4) is 0 Å². The minimum atomic E-state index is -0.965. The van der Waals surface area contributed by atoms with E-state index in [4.69, 9.17) is 14.2 Å². The van der Waals surface area contributed by atoms with E-state index in [1.807, 2.05) is 18.4 Å². The number of hydrogen-bond donors (Lipinski definition) is 1. The Morgan fingerprint density at radius 3 is 2.69 bits per heavy atom. The molecule has 2 heterocycles. The number of aliphatic hydroxyl groups excluding tert-OH is 1. The topological polar surface area (TPSA) is 95.0 Å². The van der Waals surface area contributed by atoms with Crippen LogP contribution in [0.15, 0.2) is 39.4 Å². The van der Waals surface area contributed by atoms with Gasteiger partial charge in [0.1, 0.15) is 11.9 Å². The van der Waals surface area contributed by atoms with Gasteiger partial charge in [0.25, 0.3) is 0 Å². The summed E-state index contributed by atoms with van der Waals surface area (Å²) >= 11 is 4.89. The van der Waals surface area contributed by atoms with Crippen LogP contribution < -0.4 is 0 Å². The first-order chi connectivity index (χ1) is 14.9. The normalized spacial score (nSPS) is 18.3. The van der Waals surface area contributed by atoms with Gasteiger partial charge in [-0.3, -0.25) is 0 Å². The van der Waals surface area contributed by atoms with E-state index < -0.39 is 29.9 Å². The zero-order valence-corrected chi connectivity index (χ0v) is 21.4. The van der Waals surface area contributed by atoms with Crippen molar-refractivity contribution in [2.24, 2.45) is 0 Å². The Bertz CT molecular complexity index is 911. The Morgan fingerprint density at radius 2 is 2.06 bits per heavy atom. The molecule has 0 aliphatic carbocycles. The highest BCUT2D eigenvalue weighted by Gasteiger charge is 2.29. The SMILES string of the molecule is C/C(Br)=C\C(Cc1nc(CCC2=CC(=O)OC(C)(C)O2)cs1)OC(=O)/C=C(\C)CC(C)O. The average Bonchev–Trinajstić information content (AvgIpc) is 3.04. The predicted molar refractivity (Wildman–Crippen MR) is 126 cm³/mol. The third kappa shape index (κ3) is 9.67. The van der Waals surface area contributed by atoms with Gasteiger partial charge < -0.3 is 19.3 Å². The summed E-state index contributed by atoms with van der Waals surface area (Å²) in [6, 6.07) is 0. The van der Waals surface area contributed by atoms with E-state index >= 15 is 0 Å². The number of aliphatic hydroxyl groups is 1. The molecule has 0 bridgehead atoms. The van der Waals surface area contributed by atoms with Gasteiger partial charge in [0.05, 0.1) is 22.9 Å². The molecule has 0 radical (unpaired) electrons. The summed E-state index contributed by atoms with van der Waals surface area (Å²) in [5.74, 6) is -1.25. The summed E-state index contributed by atoms with van der Waals surface area (Å²) < 4.78 is 17.2. The molecule has 1 N–H and O–H groups in total. The lowest BCUT2D eigenvalue weighted by molar-refractivity contribution is -0.205. The second-order valence-corrected chi connectivity index (χ2v) is 10.4. The van der Waals surface area contributed by atoms with Crippen molar-refractivity contribution in [3.63, 3.8) is 0 Å². The lowest BCUT2D eigenvalue weighted by atomic mass is 10.1. The summed E-state index contributed by atoms with van der Waals surface area (Å²) in [5.41, 5.74) is 1.63. The van der Waals surface area contributed by atoms with E-state index in [2.05, 4.69) is 20.9 Å². The van der Waals surface area contributed by atoms with Crippen LogP contribution >= 0.6 is 27.3 Å². The minimum absolute atomic E-state index is 0.408. The number of esters is 2. The van der Waals surface area contributed by atoms with Crippen molar-refractivity contribution >= 4 is 39.2 Å². The molecule has 9 heteroatoms. The predicted octanol–water partition coefficient (Wildman–Crippen LogP) is 4.74. The van der Waals surface area contributed by atoms with Crippen molar-refractivity contribution in [2.75, 3.05) is 0 Å². The van der Waals surface area contributed by atoms with Gasteiger partial charge in [-0.1, -0.05) is 21.5 Å². The lowest BCUT2D eigenvalue weighted by Gasteiger charge is -2.30. The number of aryl methyl sites for hydroxylation is 1. The zero-order valence-electron chi connectivity index (χ0n) is 19.0. The molecule has 1 aromatic rings. The van der Waals surface area contributed by atoms with Crippen molar-refractivity contribution in [3.05, 3.63) is 50.1 Å². The van der Waals surface area contributed by atoms with Crippen LogP contribution in [-0.2, 0) is 36.6 Å². The molecule has 0 spiro atoms. The molecule has 0 fully saturated rings. The highest BCUT2D eigenvalue weighted by atomic mass is 79.9. The van der Waals surface area contributed by atoms with Crippen molar-refractivity contribution in [2.45, 2.75) is 78.3 Å². The largest absolute Gasteiger partial charge is 0.457 e. The van der Waals surface area contributed by atoms with Crippen LogP contribution in [0.25, 0.3) is 0 Å². The molecule has 0 saturated carbocycles. The van der Waals surface area contributed by atoms with E-state index in [1.54, 1.807) is 27.7 Å². The lowest BCUT2D eigenvalue weighted by Crippen LogP contribution is -2.34. The smallest absolute Gasteiger partial charge is 0.337 e. The quantitative estimate of drug-likeness (QED) is 0.346. The van der Waals surface area contributed by atoms with Crippen LogP contribution in [0.5, 0.6) is 0 Å². The molecule has 2 atom stereocenters. The molecule has 176 valence electrons. The number of thiazole rings is 1. The van der Waals surface area contributed by atoms with Crippen molar-refractivity contribution in [1.29, 1.82) is 0 Å². The second-order valence-electron chi connectivity index (χ2n) is 8.24. The van der Waals surface area contributed by atoms with Crippen molar-refractivity contribution < 1.29 is 28.9 Å². The van der Waals surface area contributed by atoms with Gasteiger partial charge in [-0.15, -0.1) is 11.3 Å². The minimum Gasteiger partial charge on any atom is -0.457 e. The van der Waals surface area contributed by atoms with Gasteiger partial charge in [-0.05, 0) is 44.2 Å². The summed E-state index contributed by atoms with van der Waals surface area (Å²) in [5, 5.41) is 12.2. The van der Waals surface area contributed by atoms with Gasteiger partial charge in [-0.2, -0.15) is 0 Å². The summed E-state index contributed by atoms with van der Waals surface area (Å²) in [4.78, 5) is 28.6. The van der Waals surface area contributed by atoms with Gasteiger partial charge >= 0.3 is 11.9 Å². The molecule has 7 nitrogen and oxygen atoms in total. The number of ether oxygens (including phenoxy) is 3. The van der Waals surface area contributed by atoms with Crippen LogP contribution in [0.1, 0.15) is 58.2 Å². The van der Waals surface area contributed by atoms with Crippen LogP contribution in [0, 0.1) is 0 Å². The third-order valence-corrected chi connectivity index (χ3v) is 5.45. The number of rotatable bonds is 10. The molecule has 1 aliphatic heterocycles. The Morgan fingerprint density at radius 1 is 1.34 bits per heavy atom. The number of halogens is 1. The zero-order chi connectivity index (χ0) is 23.9. The molecular weight excluding hydrogens is 498 g/mol. The standard InChI is InChI=1S/C23H30BrNO6S/c1-14(8-16(3)26)9-21(27)29-19(10-15(2)24)11-20-25-17(13-32-20)6-7-18-12-22(28)31-23(4,5)30-18/h9-10,12-13,16,19,26H,6-8,11H2,1-5H3/b14-9+,15-10+. The average molecular weight is 528 g/mol. The Labute approximate surface area is 201 Å². The molecule has 0 aromatic carbocycles. The maximum atomic E-state index is 12.3. The maximum Gasteiger partial charge on any atom is 0.337 e. The fourth-order valence-corrected chi connectivity index (χ4v) is 4.34. The van der Waals surface area contributed by atoms with E-state index in [-0.39, 0.29) is 0 Å². The molecule has 2 rings (SSSR count). The first-order valence-corrected chi connectivity index (χ1v) is 12.0. The number of hydrogen-bond acceptors (Lipinski definition) is 8. The highest BCUT2D eigenvalue weighted by molar-refractivity contribution is 9.11. The monoisotopic (exact) mass is 527 g/mol. The molecule has 32 heavy (non-hydrogen) atoms. The number of cyclic esters (lactones) is 1. The number of allylic oxidation sites excluding steroid dienone is 2. The number of carbonyl (C=O) groups is 2. The van der Waals surface area contributed by atoms with Gasteiger partial charge in [0.2, 0.25) is 5.79 Å². The molecule has 0 amide bonds. The molecule has 2 unspecified atom stereocenters. The summed E-state index contributed by atoms with van der Waals surface area (Å²) in [7, 11) is 0. The first kappa shape index (κ1) is 26.3. The summed E-state index contributed by atoms with van der Waals surface area (Å²) in [6.45, 7) is 8.72. The van der Waals surface area contributed by atoms with E-state index in [0.29, 0.717) is 31.4 Å². The molecular formula is C23H30BrNO6S. The Hall–Kier alpha value is -1.97. The van der Waals surface area contributed by atoms with Crippen LogP contribution in [0.2, 0.25) is 0 Å². The van der Waals surface area contributed by atoms with Crippen molar-refractivity contribution in [1.82, 2.24) is 4.98 Å². The summed E-state index contributed by atoms with van der Waals surface area (Å²) in [6.07, 6.45) is 5.62. The van der Waals surface area contributed by atoms with E-state index in [9.17, 15) is 14.7 Å². The molecule has 1 aromatic heterocycles. The number of nitrogens with zero attached hydrogens (tertiary/aromatic N) is 1. The van der Waals surface area contributed by atoms with Crippen LogP contribution in [-0.4, -0.2) is 40.0 Å². The third-order valence-electron chi connectivity index (χ3n) is 4.27. The van der Waals surface area contributed by atoms with E-state index in [1.165, 1.54) is 23.5 Å². The maximum absolute atomic E-state index is 12.3. The van der Waals surface area contributed by atoms with Gasteiger partial charge in [0.15, 0.2) is 0 Å². The molecule has 0 saturated heterocycles. The number of carbonyl (C=O) groups excluding carboxylic acids is 2. The fourth-order valence-electron chi connectivity index (χ4n) is 3.17. The highest BCUT2D eigenvalue weighted by Crippen LogP contribution is 2.25. The fraction of sp³-hybridized carbons (Fsp3) is 0.522. The van der Waals surface area contributed by atoms with Gasteiger partial charge in [0, 0.05) is 38.1 Å². The first-order valence-electron chi connectivity index (χ1n) is 10.4. The van der Waals surface area contributed by atoms with Crippen LogP contribution in [0.4, 0.5) is 0 Å². The molecule has 1 aliphatic rings.